The van der Waals surface area contributed by atoms with E-state index in [-0.39, 0.29) is 19.6 Å². The van der Waals surface area contributed by atoms with Gasteiger partial charge in [-0.1, -0.05) is 42.5 Å². The Bertz CT molecular complexity index is 1060. The zero-order chi connectivity index (χ0) is 22.1. The molecule has 0 spiro atoms. The van der Waals surface area contributed by atoms with Gasteiger partial charge in [-0.3, -0.25) is 4.79 Å². The van der Waals surface area contributed by atoms with Crippen LogP contribution in [0.3, 0.4) is 0 Å². The number of imidazole rings is 1. The quantitative estimate of drug-likeness (QED) is 0.395. The van der Waals surface area contributed by atoms with Gasteiger partial charge in [0.2, 0.25) is 0 Å². The van der Waals surface area contributed by atoms with Gasteiger partial charge in [0.05, 0.1) is 19.6 Å². The first-order valence-electron chi connectivity index (χ1n) is 9.95. The van der Waals surface area contributed by atoms with Crippen LogP contribution in [0.2, 0.25) is 0 Å². The lowest BCUT2D eigenvalue weighted by molar-refractivity contribution is -0.138. The molecule has 0 aliphatic rings. The predicted molar refractivity (Wildman–Crippen MR) is 116 cm³/mol. The first-order valence-corrected chi connectivity index (χ1v) is 9.95. The van der Waals surface area contributed by atoms with Gasteiger partial charge in [-0.05, 0) is 36.3 Å². The number of hydrogen-bond acceptors (Lipinski definition) is 5. The van der Waals surface area contributed by atoms with Crippen molar-refractivity contribution in [2.24, 2.45) is 0 Å². The van der Waals surface area contributed by atoms with Gasteiger partial charge in [0.1, 0.15) is 17.1 Å². The first kappa shape index (κ1) is 21.8. The number of hydrogen-bond donors (Lipinski definition) is 1. The molecule has 1 N–H and O–H groups in total. The highest BCUT2D eigenvalue weighted by Gasteiger charge is 2.19. The number of carboxylic acid groups (broad SMARTS) is 1. The Morgan fingerprint density at radius 2 is 1.94 bits per heavy atom. The van der Waals surface area contributed by atoms with E-state index in [0.29, 0.717) is 29.3 Å². The fourth-order valence-electron chi connectivity index (χ4n) is 3.00. The Hall–Kier alpha value is -3.87. The number of benzene rings is 2. The SMILES string of the molecule is CCOC(=O)/C(=C/c1cccc(OCCC(=O)O)c1)c1nccn1Cc1ccccc1. The Morgan fingerprint density at radius 1 is 1.13 bits per heavy atom. The van der Waals surface area contributed by atoms with Gasteiger partial charge in [0, 0.05) is 18.9 Å². The number of rotatable bonds is 10. The van der Waals surface area contributed by atoms with Crippen LogP contribution in [0.15, 0.2) is 67.0 Å². The van der Waals surface area contributed by atoms with Crippen LogP contribution in [0.4, 0.5) is 0 Å². The van der Waals surface area contributed by atoms with Crippen molar-refractivity contribution in [3.8, 4) is 5.75 Å². The van der Waals surface area contributed by atoms with Crippen molar-refractivity contribution in [1.82, 2.24) is 9.55 Å². The van der Waals surface area contributed by atoms with Gasteiger partial charge in [-0.25, -0.2) is 9.78 Å². The van der Waals surface area contributed by atoms with Crippen molar-refractivity contribution in [3.05, 3.63) is 83.9 Å². The summed E-state index contributed by atoms with van der Waals surface area (Å²) in [6.07, 6.45) is 5.08. The Balaban J connectivity index is 1.91. The molecular weight excluding hydrogens is 396 g/mol. The van der Waals surface area contributed by atoms with Crippen LogP contribution in [0.5, 0.6) is 5.75 Å². The third-order valence-electron chi connectivity index (χ3n) is 4.40. The largest absolute Gasteiger partial charge is 0.493 e. The highest BCUT2D eigenvalue weighted by atomic mass is 16.5. The maximum atomic E-state index is 12.7. The molecule has 0 saturated heterocycles. The third kappa shape index (κ3) is 6.30. The zero-order valence-corrected chi connectivity index (χ0v) is 17.2. The Kier molecular flexibility index (Phi) is 7.59. The van der Waals surface area contributed by atoms with Crippen molar-refractivity contribution in [2.75, 3.05) is 13.2 Å². The van der Waals surface area contributed by atoms with Crippen molar-refractivity contribution < 1.29 is 24.2 Å². The van der Waals surface area contributed by atoms with Crippen LogP contribution in [0.25, 0.3) is 11.6 Å². The second-order valence-electron chi connectivity index (χ2n) is 6.71. The molecule has 7 nitrogen and oxygen atoms in total. The first-order chi connectivity index (χ1) is 15.1. The summed E-state index contributed by atoms with van der Waals surface area (Å²) in [6, 6.07) is 17.0. The highest BCUT2D eigenvalue weighted by molar-refractivity contribution is 6.20. The maximum absolute atomic E-state index is 12.7. The lowest BCUT2D eigenvalue weighted by Gasteiger charge is -2.11. The minimum Gasteiger partial charge on any atom is -0.493 e. The van der Waals surface area contributed by atoms with Gasteiger partial charge in [-0.2, -0.15) is 0 Å². The summed E-state index contributed by atoms with van der Waals surface area (Å²) in [4.78, 5) is 27.8. The van der Waals surface area contributed by atoms with E-state index in [2.05, 4.69) is 4.98 Å². The average Bonchev–Trinajstić information content (AvgIpc) is 3.20. The van der Waals surface area contributed by atoms with Crippen molar-refractivity contribution in [3.63, 3.8) is 0 Å². The molecule has 160 valence electrons. The minimum absolute atomic E-state index is 0.0642. The second-order valence-corrected chi connectivity index (χ2v) is 6.71. The Morgan fingerprint density at radius 3 is 2.68 bits per heavy atom. The molecular formula is C24H24N2O5. The van der Waals surface area contributed by atoms with E-state index < -0.39 is 11.9 Å². The van der Waals surface area contributed by atoms with Gasteiger partial charge < -0.3 is 19.1 Å². The molecule has 0 fully saturated rings. The van der Waals surface area contributed by atoms with Crippen LogP contribution in [-0.4, -0.2) is 39.8 Å². The molecule has 3 rings (SSSR count). The fourth-order valence-corrected chi connectivity index (χ4v) is 3.00. The molecule has 0 radical (unpaired) electrons. The van der Waals surface area contributed by atoms with Crippen molar-refractivity contribution >= 4 is 23.6 Å². The summed E-state index contributed by atoms with van der Waals surface area (Å²) >= 11 is 0. The van der Waals surface area contributed by atoms with E-state index >= 15 is 0 Å². The van der Waals surface area contributed by atoms with Crippen LogP contribution < -0.4 is 4.74 Å². The van der Waals surface area contributed by atoms with E-state index in [4.69, 9.17) is 14.6 Å². The molecule has 0 aliphatic heterocycles. The second kappa shape index (κ2) is 10.8. The van der Waals surface area contributed by atoms with E-state index in [0.717, 1.165) is 5.56 Å². The van der Waals surface area contributed by atoms with Crippen molar-refractivity contribution in [2.45, 2.75) is 19.9 Å². The number of esters is 1. The molecule has 31 heavy (non-hydrogen) atoms. The summed E-state index contributed by atoms with van der Waals surface area (Å²) < 4.78 is 12.7. The molecule has 0 saturated carbocycles. The summed E-state index contributed by atoms with van der Waals surface area (Å²) in [5, 5.41) is 8.76. The van der Waals surface area contributed by atoms with E-state index in [1.54, 1.807) is 37.4 Å². The highest BCUT2D eigenvalue weighted by Crippen LogP contribution is 2.22. The smallest absolute Gasteiger partial charge is 0.341 e. The number of aromatic nitrogens is 2. The number of aliphatic carboxylic acids is 1. The summed E-state index contributed by atoms with van der Waals surface area (Å²) in [7, 11) is 0. The van der Waals surface area contributed by atoms with E-state index in [9.17, 15) is 9.59 Å². The number of carbonyl (C=O) groups excluding carboxylic acids is 1. The monoisotopic (exact) mass is 420 g/mol. The molecule has 0 unspecified atom stereocenters. The molecule has 2 aromatic carbocycles. The summed E-state index contributed by atoms with van der Waals surface area (Å²) in [5.74, 6) is -0.378. The number of nitrogens with zero attached hydrogens (tertiary/aromatic N) is 2. The minimum atomic E-state index is -0.925. The summed E-state index contributed by atoms with van der Waals surface area (Å²) in [6.45, 7) is 2.62. The Labute approximate surface area is 180 Å². The molecule has 0 atom stereocenters. The van der Waals surface area contributed by atoms with Crippen LogP contribution in [-0.2, 0) is 20.9 Å². The number of carboxylic acids is 1. The van der Waals surface area contributed by atoms with Crippen LogP contribution in [0, 0.1) is 0 Å². The molecule has 1 aromatic heterocycles. The van der Waals surface area contributed by atoms with Gasteiger partial charge in [-0.15, -0.1) is 0 Å². The topological polar surface area (TPSA) is 90.7 Å². The normalized spacial score (nSPS) is 11.2. The number of ether oxygens (including phenoxy) is 2. The van der Waals surface area contributed by atoms with Gasteiger partial charge in [0.25, 0.3) is 0 Å². The lowest BCUT2D eigenvalue weighted by atomic mass is 10.1. The van der Waals surface area contributed by atoms with E-state index in [1.807, 2.05) is 47.2 Å². The maximum Gasteiger partial charge on any atom is 0.341 e. The predicted octanol–water partition coefficient (Wildman–Crippen LogP) is 3.89. The standard InChI is InChI=1S/C24H24N2O5/c1-2-30-24(29)21(16-19-9-6-10-20(15-19)31-14-11-22(27)28)23-25-12-13-26(23)17-18-7-4-3-5-8-18/h3-10,12-13,15-16H,2,11,14,17H2,1H3,(H,27,28)/b21-16+. The molecule has 0 amide bonds. The van der Waals surface area contributed by atoms with Gasteiger partial charge >= 0.3 is 11.9 Å². The van der Waals surface area contributed by atoms with Crippen LogP contribution >= 0.6 is 0 Å². The lowest BCUT2D eigenvalue weighted by Crippen LogP contribution is -2.12. The molecule has 0 aliphatic carbocycles. The summed E-state index contributed by atoms with van der Waals surface area (Å²) in [5.41, 5.74) is 2.12. The van der Waals surface area contributed by atoms with Gasteiger partial charge in [0.15, 0.2) is 0 Å². The fraction of sp³-hybridized carbons (Fsp3) is 0.208. The van der Waals surface area contributed by atoms with E-state index in [1.165, 1.54) is 0 Å². The van der Waals surface area contributed by atoms with Crippen molar-refractivity contribution in [1.29, 1.82) is 0 Å². The third-order valence-corrected chi connectivity index (χ3v) is 4.40. The molecule has 0 bridgehead atoms. The molecule has 1 heterocycles. The average molecular weight is 420 g/mol. The zero-order valence-electron chi connectivity index (χ0n) is 17.2. The number of carbonyl (C=O) groups is 2. The molecule has 7 heteroatoms. The van der Waals surface area contributed by atoms with Crippen LogP contribution in [0.1, 0.15) is 30.3 Å². The molecule has 3 aromatic rings.